The van der Waals surface area contributed by atoms with Crippen LogP contribution >= 0.6 is 11.3 Å². The van der Waals surface area contributed by atoms with Crippen molar-refractivity contribution in [1.29, 1.82) is 0 Å². The number of thiophene rings is 1. The van der Waals surface area contributed by atoms with Crippen molar-refractivity contribution in [2.24, 2.45) is 5.73 Å². The zero-order valence-electron chi connectivity index (χ0n) is 10.9. The molecule has 3 N–H and O–H groups in total. The lowest BCUT2D eigenvalue weighted by Gasteiger charge is -2.11. The monoisotopic (exact) mass is 274 g/mol. The summed E-state index contributed by atoms with van der Waals surface area (Å²) < 4.78 is 0. The number of amides is 1. The summed E-state index contributed by atoms with van der Waals surface area (Å²) >= 11 is 1.49. The molecule has 0 aliphatic carbocycles. The number of anilines is 1. The van der Waals surface area contributed by atoms with Crippen molar-refractivity contribution < 1.29 is 4.79 Å². The van der Waals surface area contributed by atoms with Gasteiger partial charge in [-0.25, -0.2) is 0 Å². The van der Waals surface area contributed by atoms with Gasteiger partial charge in [-0.2, -0.15) is 0 Å². The quantitative estimate of drug-likeness (QED) is 0.878. The number of hydrogen-bond acceptors (Lipinski definition) is 3. The van der Waals surface area contributed by atoms with Crippen LogP contribution in [0.5, 0.6) is 0 Å². The van der Waals surface area contributed by atoms with Crippen molar-refractivity contribution in [3.63, 3.8) is 0 Å². The van der Waals surface area contributed by atoms with Crippen LogP contribution in [0.4, 0.5) is 5.69 Å². The molecule has 19 heavy (non-hydrogen) atoms. The minimum Gasteiger partial charge on any atom is -0.324 e. The Kier molecular flexibility index (Phi) is 4.71. The Hall–Kier alpha value is -1.65. The molecule has 1 unspecified atom stereocenters. The highest BCUT2D eigenvalue weighted by Crippen LogP contribution is 2.19. The standard InChI is InChI=1S/C15H18N2OS/c1-2-4-11-6-8-12(9-7-11)17-15(18)14(16)13-5-3-10-19-13/h3,5-10,14H,2,4,16H2,1H3,(H,17,18). The molecule has 2 aromatic rings. The molecule has 100 valence electrons. The van der Waals surface area contributed by atoms with Crippen molar-refractivity contribution in [2.45, 2.75) is 25.8 Å². The van der Waals surface area contributed by atoms with Crippen LogP contribution < -0.4 is 11.1 Å². The minimum atomic E-state index is -0.602. The summed E-state index contributed by atoms with van der Waals surface area (Å²) in [4.78, 5) is 12.9. The number of aryl methyl sites for hydroxylation is 1. The van der Waals surface area contributed by atoms with E-state index in [4.69, 9.17) is 5.73 Å². The number of nitrogens with two attached hydrogens (primary N) is 1. The molecule has 0 radical (unpaired) electrons. The summed E-state index contributed by atoms with van der Waals surface area (Å²) in [6.45, 7) is 2.15. The highest BCUT2D eigenvalue weighted by Gasteiger charge is 2.16. The lowest BCUT2D eigenvalue weighted by Crippen LogP contribution is -2.26. The van der Waals surface area contributed by atoms with E-state index >= 15 is 0 Å². The van der Waals surface area contributed by atoms with Gasteiger partial charge in [-0.15, -0.1) is 11.3 Å². The summed E-state index contributed by atoms with van der Waals surface area (Å²) in [7, 11) is 0. The molecule has 3 nitrogen and oxygen atoms in total. The molecule has 4 heteroatoms. The van der Waals surface area contributed by atoms with Crippen molar-refractivity contribution in [2.75, 3.05) is 5.32 Å². The first-order chi connectivity index (χ1) is 9.20. The van der Waals surface area contributed by atoms with Crippen molar-refractivity contribution in [3.05, 3.63) is 52.2 Å². The Bertz CT molecular complexity index is 520. The van der Waals surface area contributed by atoms with Crippen LogP contribution in [0, 0.1) is 0 Å². The number of rotatable bonds is 5. The molecule has 0 saturated heterocycles. The van der Waals surface area contributed by atoms with E-state index in [2.05, 4.69) is 12.2 Å². The zero-order chi connectivity index (χ0) is 13.7. The first kappa shape index (κ1) is 13.8. The maximum Gasteiger partial charge on any atom is 0.246 e. The van der Waals surface area contributed by atoms with E-state index in [1.807, 2.05) is 41.8 Å². The van der Waals surface area contributed by atoms with Gasteiger partial charge in [-0.3, -0.25) is 4.79 Å². The van der Waals surface area contributed by atoms with Gasteiger partial charge in [0.25, 0.3) is 0 Å². The first-order valence-corrected chi connectivity index (χ1v) is 7.27. The molecule has 1 amide bonds. The van der Waals surface area contributed by atoms with Crippen molar-refractivity contribution in [1.82, 2.24) is 0 Å². The second-order valence-corrected chi connectivity index (χ2v) is 5.41. The third kappa shape index (κ3) is 3.66. The Balaban J connectivity index is 1.98. The third-order valence-electron chi connectivity index (χ3n) is 2.89. The van der Waals surface area contributed by atoms with Gasteiger partial charge >= 0.3 is 0 Å². The van der Waals surface area contributed by atoms with Crippen molar-refractivity contribution >= 4 is 22.9 Å². The van der Waals surface area contributed by atoms with Gasteiger partial charge in [0, 0.05) is 10.6 Å². The lowest BCUT2D eigenvalue weighted by atomic mass is 10.1. The predicted molar refractivity (Wildman–Crippen MR) is 80.3 cm³/mol. The third-order valence-corrected chi connectivity index (χ3v) is 3.85. The Morgan fingerprint density at radius 2 is 2.05 bits per heavy atom. The molecule has 1 aromatic carbocycles. The minimum absolute atomic E-state index is 0.175. The average Bonchev–Trinajstić information content (AvgIpc) is 2.94. The number of carbonyl (C=O) groups excluding carboxylic acids is 1. The summed E-state index contributed by atoms with van der Waals surface area (Å²) in [6.07, 6.45) is 2.18. The van der Waals surface area contributed by atoms with Gasteiger partial charge in [0.05, 0.1) is 0 Å². The summed E-state index contributed by atoms with van der Waals surface area (Å²) in [5.41, 5.74) is 7.98. The maximum absolute atomic E-state index is 12.0. The number of hydrogen-bond donors (Lipinski definition) is 2. The van der Waals surface area contributed by atoms with E-state index in [0.717, 1.165) is 23.4 Å². The molecule has 2 rings (SSSR count). The van der Waals surface area contributed by atoms with E-state index in [0.29, 0.717) is 0 Å². The van der Waals surface area contributed by atoms with Gasteiger partial charge in [0.2, 0.25) is 5.91 Å². The summed E-state index contributed by atoms with van der Waals surface area (Å²) in [5.74, 6) is -0.175. The first-order valence-electron chi connectivity index (χ1n) is 6.39. The second kappa shape index (κ2) is 6.50. The smallest absolute Gasteiger partial charge is 0.246 e. The highest BCUT2D eigenvalue weighted by molar-refractivity contribution is 7.10. The van der Waals surface area contributed by atoms with Gasteiger partial charge in [-0.1, -0.05) is 31.5 Å². The molecule has 0 fully saturated rings. The second-order valence-electron chi connectivity index (χ2n) is 4.43. The van der Waals surface area contributed by atoms with Crippen LogP contribution in [0.25, 0.3) is 0 Å². The SMILES string of the molecule is CCCc1ccc(NC(=O)C(N)c2cccs2)cc1. The maximum atomic E-state index is 12.0. The normalized spacial score (nSPS) is 12.1. The fraction of sp³-hybridized carbons (Fsp3) is 0.267. The molecule has 0 spiro atoms. The largest absolute Gasteiger partial charge is 0.324 e. The molecule has 1 aromatic heterocycles. The van der Waals surface area contributed by atoms with Crippen LogP contribution in [0.1, 0.15) is 29.8 Å². The summed E-state index contributed by atoms with van der Waals surface area (Å²) in [6, 6.07) is 11.1. The van der Waals surface area contributed by atoms with E-state index in [9.17, 15) is 4.79 Å². The van der Waals surface area contributed by atoms with E-state index in [1.165, 1.54) is 16.9 Å². The average molecular weight is 274 g/mol. The topological polar surface area (TPSA) is 55.1 Å². The Morgan fingerprint density at radius 3 is 2.63 bits per heavy atom. The van der Waals surface area contributed by atoms with E-state index in [1.54, 1.807) is 0 Å². The Morgan fingerprint density at radius 1 is 1.32 bits per heavy atom. The van der Waals surface area contributed by atoms with E-state index in [-0.39, 0.29) is 5.91 Å². The van der Waals surface area contributed by atoms with Crippen LogP contribution in [-0.2, 0) is 11.2 Å². The number of carbonyl (C=O) groups is 1. The highest BCUT2D eigenvalue weighted by atomic mass is 32.1. The van der Waals surface area contributed by atoms with Gasteiger partial charge in [0.1, 0.15) is 6.04 Å². The number of nitrogens with one attached hydrogen (secondary N) is 1. The molecule has 1 atom stereocenters. The van der Waals surface area contributed by atoms with Gasteiger partial charge < -0.3 is 11.1 Å². The van der Waals surface area contributed by atoms with Gasteiger partial charge in [-0.05, 0) is 35.6 Å². The summed E-state index contributed by atoms with van der Waals surface area (Å²) in [5, 5.41) is 4.76. The van der Waals surface area contributed by atoms with Crippen LogP contribution in [0.2, 0.25) is 0 Å². The molecule has 0 aliphatic rings. The molecular weight excluding hydrogens is 256 g/mol. The predicted octanol–water partition coefficient (Wildman–Crippen LogP) is 3.34. The van der Waals surface area contributed by atoms with Crippen LogP contribution in [-0.4, -0.2) is 5.91 Å². The molecule has 0 bridgehead atoms. The molecule has 0 aliphatic heterocycles. The fourth-order valence-electron chi connectivity index (χ4n) is 1.86. The number of benzene rings is 1. The van der Waals surface area contributed by atoms with Crippen LogP contribution in [0.3, 0.4) is 0 Å². The molecular formula is C15H18N2OS. The van der Waals surface area contributed by atoms with Crippen LogP contribution in [0.15, 0.2) is 41.8 Å². The lowest BCUT2D eigenvalue weighted by molar-refractivity contribution is -0.117. The van der Waals surface area contributed by atoms with Gasteiger partial charge in [0.15, 0.2) is 0 Å². The molecule has 0 saturated carbocycles. The molecule has 1 heterocycles. The zero-order valence-corrected chi connectivity index (χ0v) is 11.7. The Labute approximate surface area is 117 Å². The fourth-order valence-corrected chi connectivity index (χ4v) is 2.59. The van der Waals surface area contributed by atoms with E-state index < -0.39 is 6.04 Å². The van der Waals surface area contributed by atoms with Crippen molar-refractivity contribution in [3.8, 4) is 0 Å².